The van der Waals surface area contributed by atoms with E-state index < -0.39 is 0 Å². The molecule has 0 unspecified atom stereocenters. The van der Waals surface area contributed by atoms with Gasteiger partial charge >= 0.3 is 0 Å². The number of carbonyl (C=O) groups excluding carboxylic acids is 1. The predicted molar refractivity (Wildman–Crippen MR) is 88.6 cm³/mol. The lowest BCUT2D eigenvalue weighted by atomic mass is 9.90. The third-order valence-corrected chi connectivity index (χ3v) is 4.77. The Kier molecular flexibility index (Phi) is 4.63. The van der Waals surface area contributed by atoms with Gasteiger partial charge in [-0.1, -0.05) is 24.6 Å². The van der Waals surface area contributed by atoms with Crippen molar-refractivity contribution in [2.24, 2.45) is 11.7 Å². The van der Waals surface area contributed by atoms with Crippen molar-refractivity contribution < 1.29 is 4.79 Å². The number of carbonyl (C=O) groups is 1. The summed E-state index contributed by atoms with van der Waals surface area (Å²) in [6.07, 6.45) is 5.20. The summed E-state index contributed by atoms with van der Waals surface area (Å²) in [6, 6.07) is 5.33. The van der Waals surface area contributed by atoms with Gasteiger partial charge in [0.25, 0.3) is 5.91 Å². The maximum atomic E-state index is 13.2. The molecular weight excluding hydrogens is 314 g/mol. The van der Waals surface area contributed by atoms with Crippen LogP contribution < -0.4 is 5.73 Å². The number of benzene rings is 1. The summed E-state index contributed by atoms with van der Waals surface area (Å²) < 4.78 is 0. The van der Waals surface area contributed by atoms with Crippen LogP contribution in [0.15, 0.2) is 30.6 Å². The molecule has 1 aliphatic rings. The van der Waals surface area contributed by atoms with Crippen LogP contribution in [0.3, 0.4) is 0 Å². The molecule has 6 nitrogen and oxygen atoms in total. The van der Waals surface area contributed by atoms with Crippen LogP contribution >= 0.6 is 11.6 Å². The van der Waals surface area contributed by atoms with E-state index in [0.717, 1.165) is 12.8 Å². The van der Waals surface area contributed by atoms with Gasteiger partial charge in [-0.2, -0.15) is 15.0 Å². The van der Waals surface area contributed by atoms with E-state index in [1.807, 2.05) is 4.90 Å². The van der Waals surface area contributed by atoms with Gasteiger partial charge < -0.3 is 10.6 Å². The fraction of sp³-hybridized carbons (Fsp3) is 0.438. The molecule has 23 heavy (non-hydrogen) atoms. The normalized spacial score (nSPS) is 21.4. The molecule has 1 aromatic carbocycles. The Balaban J connectivity index is 2.02. The molecule has 0 radical (unpaired) electrons. The van der Waals surface area contributed by atoms with Crippen molar-refractivity contribution in [2.75, 3.05) is 13.1 Å². The maximum absolute atomic E-state index is 13.2. The van der Waals surface area contributed by atoms with Gasteiger partial charge in [0.1, 0.15) is 0 Å². The van der Waals surface area contributed by atoms with Crippen molar-refractivity contribution >= 4 is 17.5 Å². The van der Waals surface area contributed by atoms with Crippen LogP contribution in [0.5, 0.6) is 0 Å². The minimum Gasteiger partial charge on any atom is -0.334 e. The first kappa shape index (κ1) is 16.0. The molecule has 3 rings (SSSR count). The number of aromatic nitrogens is 3. The third-order valence-electron chi connectivity index (χ3n) is 4.46. The van der Waals surface area contributed by atoms with Crippen LogP contribution in [0.25, 0.3) is 5.69 Å². The number of amides is 1. The summed E-state index contributed by atoms with van der Waals surface area (Å²) in [5, 5.41) is 8.64. The Labute approximate surface area is 140 Å². The molecule has 7 heteroatoms. The van der Waals surface area contributed by atoms with E-state index in [4.69, 9.17) is 17.3 Å². The van der Waals surface area contributed by atoms with Gasteiger partial charge in [0, 0.05) is 19.1 Å². The molecule has 0 spiro atoms. The van der Waals surface area contributed by atoms with E-state index >= 15 is 0 Å². The van der Waals surface area contributed by atoms with E-state index in [1.54, 1.807) is 30.6 Å². The Morgan fingerprint density at radius 2 is 2.13 bits per heavy atom. The lowest BCUT2D eigenvalue weighted by Crippen LogP contribution is -2.51. The summed E-state index contributed by atoms with van der Waals surface area (Å²) in [7, 11) is 0. The van der Waals surface area contributed by atoms with Crippen molar-refractivity contribution in [3.05, 3.63) is 41.2 Å². The molecule has 2 atom stereocenters. The molecule has 2 aromatic rings. The van der Waals surface area contributed by atoms with Crippen LogP contribution in [0.4, 0.5) is 0 Å². The fourth-order valence-corrected chi connectivity index (χ4v) is 3.49. The van der Waals surface area contributed by atoms with Crippen LogP contribution in [0, 0.1) is 5.92 Å². The first-order chi connectivity index (χ1) is 11.1. The Morgan fingerprint density at radius 1 is 1.39 bits per heavy atom. The SMILES string of the molecule is C[C@@H]1CCCN(C(=O)c2c(Cl)cccc2-n2nccn2)[C@@H]1CN. The number of rotatable bonds is 3. The molecule has 1 aromatic heterocycles. The smallest absolute Gasteiger partial charge is 0.257 e. The first-order valence-corrected chi connectivity index (χ1v) is 8.17. The van der Waals surface area contributed by atoms with Crippen molar-refractivity contribution in [1.29, 1.82) is 0 Å². The molecule has 0 aliphatic carbocycles. The van der Waals surface area contributed by atoms with Crippen molar-refractivity contribution in [2.45, 2.75) is 25.8 Å². The molecule has 0 saturated carbocycles. The van der Waals surface area contributed by atoms with Gasteiger partial charge in [0.15, 0.2) is 0 Å². The first-order valence-electron chi connectivity index (χ1n) is 7.79. The Bertz CT molecular complexity index is 688. The maximum Gasteiger partial charge on any atom is 0.257 e. The minimum atomic E-state index is -0.107. The molecule has 1 aliphatic heterocycles. The van der Waals surface area contributed by atoms with Gasteiger partial charge in [0.2, 0.25) is 0 Å². The summed E-state index contributed by atoms with van der Waals surface area (Å²) >= 11 is 6.34. The van der Waals surface area contributed by atoms with Gasteiger partial charge in [-0.15, -0.1) is 0 Å². The van der Waals surface area contributed by atoms with Crippen LogP contribution in [0.1, 0.15) is 30.1 Å². The quantitative estimate of drug-likeness (QED) is 0.933. The zero-order valence-corrected chi connectivity index (χ0v) is 13.8. The van der Waals surface area contributed by atoms with Crippen LogP contribution in [-0.4, -0.2) is 44.9 Å². The zero-order chi connectivity index (χ0) is 16.4. The summed E-state index contributed by atoms with van der Waals surface area (Å²) in [6.45, 7) is 3.29. The molecule has 122 valence electrons. The summed E-state index contributed by atoms with van der Waals surface area (Å²) in [5.74, 6) is 0.274. The van der Waals surface area contributed by atoms with Gasteiger partial charge in [-0.05, 0) is 30.9 Å². The Morgan fingerprint density at radius 3 is 2.83 bits per heavy atom. The molecule has 1 fully saturated rings. The number of nitrogens with two attached hydrogens (primary N) is 1. The van der Waals surface area contributed by atoms with E-state index in [1.165, 1.54) is 4.80 Å². The summed E-state index contributed by atoms with van der Waals surface area (Å²) in [4.78, 5) is 16.4. The van der Waals surface area contributed by atoms with Crippen LogP contribution in [-0.2, 0) is 0 Å². The number of piperidine rings is 1. The van der Waals surface area contributed by atoms with Gasteiger partial charge in [-0.25, -0.2) is 0 Å². The number of hydrogen-bond acceptors (Lipinski definition) is 4. The van der Waals surface area contributed by atoms with Gasteiger partial charge in [-0.3, -0.25) is 4.79 Å². The molecule has 1 saturated heterocycles. The fourth-order valence-electron chi connectivity index (χ4n) is 3.24. The van der Waals surface area contributed by atoms with Crippen molar-refractivity contribution in [3.8, 4) is 5.69 Å². The largest absolute Gasteiger partial charge is 0.334 e. The highest BCUT2D eigenvalue weighted by Crippen LogP contribution is 2.29. The topological polar surface area (TPSA) is 77.0 Å². The summed E-state index contributed by atoms with van der Waals surface area (Å²) in [5.41, 5.74) is 6.93. The number of halogens is 1. The average molecular weight is 334 g/mol. The lowest BCUT2D eigenvalue weighted by Gasteiger charge is -2.39. The molecule has 2 heterocycles. The molecule has 2 N–H and O–H groups in total. The van der Waals surface area contributed by atoms with E-state index in [2.05, 4.69) is 17.1 Å². The number of nitrogens with zero attached hydrogens (tertiary/aromatic N) is 4. The molecular formula is C16H20ClN5O. The molecule has 0 bridgehead atoms. The van der Waals surface area contributed by atoms with Crippen LogP contribution in [0.2, 0.25) is 5.02 Å². The average Bonchev–Trinajstić information content (AvgIpc) is 3.08. The van der Waals surface area contributed by atoms with Crippen molar-refractivity contribution in [3.63, 3.8) is 0 Å². The standard InChI is InChI=1S/C16H20ClN5O/c1-11-4-3-9-21(14(11)10-18)16(23)15-12(17)5-2-6-13(15)22-19-7-8-20-22/h2,5-8,11,14H,3-4,9-10,18H2,1H3/t11-,14-/m1/s1. The highest BCUT2D eigenvalue weighted by Gasteiger charge is 2.33. The zero-order valence-electron chi connectivity index (χ0n) is 13.0. The van der Waals surface area contributed by atoms with E-state index in [9.17, 15) is 4.79 Å². The van der Waals surface area contributed by atoms with E-state index in [-0.39, 0.29) is 11.9 Å². The second-order valence-corrected chi connectivity index (χ2v) is 6.28. The highest BCUT2D eigenvalue weighted by atomic mass is 35.5. The number of hydrogen-bond donors (Lipinski definition) is 1. The monoisotopic (exact) mass is 333 g/mol. The third kappa shape index (κ3) is 2.96. The Hall–Kier alpha value is -1.92. The van der Waals surface area contributed by atoms with E-state index in [0.29, 0.717) is 35.3 Å². The molecule has 1 amide bonds. The van der Waals surface area contributed by atoms with Gasteiger partial charge in [0.05, 0.1) is 28.7 Å². The van der Waals surface area contributed by atoms with Crippen molar-refractivity contribution in [1.82, 2.24) is 19.9 Å². The minimum absolute atomic E-state index is 0.0333. The number of likely N-dealkylation sites (tertiary alicyclic amines) is 1. The lowest BCUT2D eigenvalue weighted by molar-refractivity contribution is 0.0532. The second kappa shape index (κ2) is 6.68. The second-order valence-electron chi connectivity index (χ2n) is 5.87. The predicted octanol–water partition coefficient (Wildman–Crippen LogP) is 2.12. The highest BCUT2D eigenvalue weighted by molar-refractivity contribution is 6.34.